The normalized spacial score (nSPS) is 37.4. The number of benzene rings is 2. The average Bonchev–Trinajstić information content (AvgIpc) is 3.68. The van der Waals surface area contributed by atoms with Gasteiger partial charge in [-0.25, -0.2) is 0 Å². The number of ether oxygens (including phenoxy) is 2. The van der Waals surface area contributed by atoms with Crippen LogP contribution in [0.5, 0.6) is 5.75 Å². The van der Waals surface area contributed by atoms with E-state index < -0.39 is 0 Å². The van der Waals surface area contributed by atoms with Gasteiger partial charge in [0.15, 0.2) is 0 Å². The fraction of sp³-hybridized carbons (Fsp3) is 0.618. The number of aryl methyl sites for hydroxylation is 1. The van der Waals surface area contributed by atoms with Crippen molar-refractivity contribution in [2.75, 3.05) is 26.7 Å². The maximum atomic E-state index is 13.1. The highest BCUT2D eigenvalue weighted by molar-refractivity contribution is 5.73. The van der Waals surface area contributed by atoms with Gasteiger partial charge in [0.05, 0.1) is 0 Å². The van der Waals surface area contributed by atoms with E-state index in [-0.39, 0.29) is 34.4 Å². The zero-order valence-corrected chi connectivity index (χ0v) is 23.7. The molecule has 9 rings (SSSR count). The van der Waals surface area contributed by atoms with Gasteiger partial charge in [-0.15, -0.1) is 0 Å². The molecule has 6 atom stereocenters. The topological polar surface area (TPSA) is 42.0 Å². The van der Waals surface area contributed by atoms with Crippen LogP contribution in [0, 0.1) is 24.2 Å². The van der Waals surface area contributed by atoms with Crippen LogP contribution >= 0.6 is 0 Å². The van der Waals surface area contributed by atoms with E-state index in [0.717, 1.165) is 37.5 Å². The average molecular weight is 527 g/mol. The highest BCUT2D eigenvalue weighted by Crippen LogP contribution is 2.76. The standard InChI is InChI=1S/C34H42N2O3/c1-22-9-12-26-17-28-32-13-14-34(38-3,27(18-32)21-36(23(2)37)20-24-7-5-4-6-8-24)31-33(32,29(26)30(22)39-31)15-16-35(28)19-25-10-11-25/h4-9,12,25,27-28,31H,10-11,13-21H2,1-3H3/t27-,28-,31-,32-,33+,34-/m1/s1. The number of likely N-dealkylation sites (tertiary alicyclic amines) is 1. The predicted octanol–water partition coefficient (Wildman–Crippen LogP) is 5.27. The molecule has 5 nitrogen and oxygen atoms in total. The Labute approximate surface area is 232 Å². The van der Waals surface area contributed by atoms with Crippen LogP contribution < -0.4 is 4.74 Å². The molecule has 39 heavy (non-hydrogen) atoms. The number of fused-ring (bicyclic) bond motifs is 2. The second-order valence-electron chi connectivity index (χ2n) is 13.7. The lowest BCUT2D eigenvalue weighted by Gasteiger charge is -2.74. The third-order valence-corrected chi connectivity index (χ3v) is 12.1. The summed E-state index contributed by atoms with van der Waals surface area (Å²) in [6.45, 7) is 7.77. The van der Waals surface area contributed by atoms with Crippen molar-refractivity contribution in [2.45, 2.75) is 88.5 Å². The minimum atomic E-state index is -0.380. The zero-order chi connectivity index (χ0) is 26.6. The highest BCUT2D eigenvalue weighted by Gasteiger charge is 2.80. The molecule has 2 heterocycles. The monoisotopic (exact) mass is 526 g/mol. The molecule has 1 amide bonds. The summed E-state index contributed by atoms with van der Waals surface area (Å²) in [6.07, 6.45) is 8.47. The quantitative estimate of drug-likeness (QED) is 0.493. The van der Waals surface area contributed by atoms with E-state index in [9.17, 15) is 4.79 Å². The number of hydrogen-bond donors (Lipinski definition) is 0. The Hall–Kier alpha value is -2.37. The van der Waals surface area contributed by atoms with Gasteiger partial charge in [-0.3, -0.25) is 9.69 Å². The van der Waals surface area contributed by atoms with Crippen molar-refractivity contribution in [3.05, 3.63) is 64.7 Å². The maximum absolute atomic E-state index is 13.1. The summed E-state index contributed by atoms with van der Waals surface area (Å²) in [5, 5.41) is 0. The Kier molecular flexibility index (Phi) is 5.22. The Morgan fingerprint density at radius 2 is 1.95 bits per heavy atom. The summed E-state index contributed by atoms with van der Waals surface area (Å²) in [4.78, 5) is 18.0. The molecular weight excluding hydrogens is 484 g/mol. The molecule has 0 radical (unpaired) electrons. The van der Waals surface area contributed by atoms with Crippen molar-refractivity contribution in [1.29, 1.82) is 0 Å². The number of amides is 1. The van der Waals surface area contributed by atoms with Gasteiger partial charge in [-0.1, -0.05) is 42.5 Å². The molecular formula is C34H42N2O3. The van der Waals surface area contributed by atoms with Gasteiger partial charge in [-0.2, -0.15) is 0 Å². The fourth-order valence-corrected chi connectivity index (χ4v) is 10.3. The van der Waals surface area contributed by atoms with Crippen LogP contribution in [0.15, 0.2) is 42.5 Å². The summed E-state index contributed by atoms with van der Waals surface area (Å²) in [7, 11) is 1.92. The second-order valence-corrected chi connectivity index (χ2v) is 13.7. The summed E-state index contributed by atoms with van der Waals surface area (Å²) in [6, 6.07) is 15.7. The Balaban J connectivity index is 1.24. The van der Waals surface area contributed by atoms with Crippen LogP contribution in [-0.2, 0) is 27.9 Å². The number of carbonyl (C=O) groups is 1. The van der Waals surface area contributed by atoms with Crippen LogP contribution in [0.25, 0.3) is 0 Å². The van der Waals surface area contributed by atoms with E-state index in [1.54, 1.807) is 12.5 Å². The van der Waals surface area contributed by atoms with Gasteiger partial charge in [0.25, 0.3) is 0 Å². The highest BCUT2D eigenvalue weighted by atomic mass is 16.6. The van der Waals surface area contributed by atoms with Crippen LogP contribution in [-0.4, -0.2) is 60.2 Å². The molecule has 7 aliphatic rings. The number of nitrogens with zero attached hydrogens (tertiary/aromatic N) is 2. The van der Waals surface area contributed by atoms with E-state index in [4.69, 9.17) is 9.47 Å². The maximum Gasteiger partial charge on any atom is 0.219 e. The van der Waals surface area contributed by atoms with Gasteiger partial charge in [-0.05, 0) is 81.0 Å². The van der Waals surface area contributed by atoms with E-state index in [2.05, 4.69) is 53.1 Å². The first kappa shape index (κ1) is 24.4. The zero-order valence-electron chi connectivity index (χ0n) is 23.7. The van der Waals surface area contributed by atoms with E-state index >= 15 is 0 Å². The van der Waals surface area contributed by atoms with Crippen molar-refractivity contribution in [3.63, 3.8) is 0 Å². The summed E-state index contributed by atoms with van der Waals surface area (Å²) in [5.41, 5.74) is 5.35. The molecule has 5 heteroatoms. The lowest BCUT2D eigenvalue weighted by molar-refractivity contribution is -0.278. The predicted molar refractivity (Wildman–Crippen MR) is 151 cm³/mol. The molecule has 4 bridgehead atoms. The number of rotatable bonds is 7. The first-order chi connectivity index (χ1) is 18.9. The molecule has 2 aliphatic heterocycles. The minimum absolute atomic E-state index is 0.0220. The molecule has 0 N–H and O–H groups in total. The Bertz CT molecular complexity index is 1320. The molecule has 4 saturated carbocycles. The molecule has 5 fully saturated rings. The van der Waals surface area contributed by atoms with Gasteiger partial charge >= 0.3 is 0 Å². The number of piperidine rings is 1. The third kappa shape index (κ3) is 3.12. The largest absolute Gasteiger partial charge is 0.486 e. The SMILES string of the molecule is CO[C@]12CC[C@@]3(C[C@@H]1CN(Cc1ccccc1)C(C)=O)[C@H]1Cc4ccc(C)c5c4[C@@]3(CCN1CC1CC1)[C@H]2O5. The van der Waals surface area contributed by atoms with Crippen molar-refractivity contribution in [3.8, 4) is 5.75 Å². The lowest BCUT2D eigenvalue weighted by atomic mass is 9.34. The number of hydrogen-bond acceptors (Lipinski definition) is 4. The lowest BCUT2D eigenvalue weighted by Crippen LogP contribution is -2.81. The van der Waals surface area contributed by atoms with E-state index in [1.807, 2.05) is 13.2 Å². The van der Waals surface area contributed by atoms with Crippen LogP contribution in [0.2, 0.25) is 0 Å². The molecule has 2 spiro atoms. The third-order valence-electron chi connectivity index (χ3n) is 12.1. The number of carbonyl (C=O) groups excluding carboxylic acids is 1. The Morgan fingerprint density at radius 3 is 2.69 bits per heavy atom. The molecule has 2 aromatic carbocycles. The molecule has 206 valence electrons. The molecule has 1 saturated heterocycles. The fourth-order valence-electron chi connectivity index (χ4n) is 10.3. The summed E-state index contributed by atoms with van der Waals surface area (Å²) < 4.78 is 13.9. The van der Waals surface area contributed by atoms with Gasteiger partial charge in [0, 0.05) is 62.0 Å². The molecule has 0 unspecified atom stereocenters. The van der Waals surface area contributed by atoms with Crippen molar-refractivity contribution in [2.24, 2.45) is 17.3 Å². The molecule has 5 aliphatic carbocycles. The number of methoxy groups -OCH3 is 1. The summed E-state index contributed by atoms with van der Waals surface area (Å²) in [5.74, 6) is 2.45. The second kappa shape index (κ2) is 8.33. The van der Waals surface area contributed by atoms with Crippen LogP contribution in [0.1, 0.15) is 67.7 Å². The van der Waals surface area contributed by atoms with E-state index in [0.29, 0.717) is 12.6 Å². The van der Waals surface area contributed by atoms with Gasteiger partial charge in [0.2, 0.25) is 5.91 Å². The molecule has 2 aromatic rings. The van der Waals surface area contributed by atoms with Crippen molar-refractivity contribution >= 4 is 5.91 Å². The van der Waals surface area contributed by atoms with Gasteiger partial charge in [0.1, 0.15) is 17.5 Å². The van der Waals surface area contributed by atoms with Crippen molar-refractivity contribution < 1.29 is 14.3 Å². The first-order valence-electron chi connectivity index (χ1n) is 15.3. The first-order valence-corrected chi connectivity index (χ1v) is 15.3. The smallest absolute Gasteiger partial charge is 0.219 e. The van der Waals surface area contributed by atoms with Crippen LogP contribution in [0.3, 0.4) is 0 Å². The summed E-state index contributed by atoms with van der Waals surface area (Å²) >= 11 is 0. The van der Waals surface area contributed by atoms with Gasteiger partial charge < -0.3 is 14.4 Å². The molecule has 0 aromatic heterocycles. The Morgan fingerprint density at radius 1 is 1.13 bits per heavy atom. The van der Waals surface area contributed by atoms with Crippen LogP contribution in [0.4, 0.5) is 0 Å². The van der Waals surface area contributed by atoms with Crippen molar-refractivity contribution in [1.82, 2.24) is 9.80 Å². The van der Waals surface area contributed by atoms with E-state index in [1.165, 1.54) is 55.5 Å². The minimum Gasteiger partial charge on any atom is -0.486 e.